The summed E-state index contributed by atoms with van der Waals surface area (Å²) in [6.07, 6.45) is 1.05. The molecule has 1 aromatic rings. The van der Waals surface area contributed by atoms with Gasteiger partial charge in [0.05, 0.1) is 11.4 Å². The molecule has 1 rings (SSSR count). The maximum atomic E-state index is 11.7. The Labute approximate surface area is 121 Å². The van der Waals surface area contributed by atoms with Gasteiger partial charge in [0.1, 0.15) is 15.4 Å². The summed E-state index contributed by atoms with van der Waals surface area (Å²) in [5.74, 6) is -2.14. The molecule has 0 bridgehead atoms. The first-order chi connectivity index (χ1) is 9.60. The van der Waals surface area contributed by atoms with Crippen molar-refractivity contribution in [1.82, 2.24) is 5.32 Å². The van der Waals surface area contributed by atoms with Crippen molar-refractivity contribution in [2.45, 2.75) is 13.0 Å². The number of amides is 2. The van der Waals surface area contributed by atoms with Crippen molar-refractivity contribution in [2.24, 2.45) is 0 Å². The lowest BCUT2D eigenvalue weighted by molar-refractivity contribution is 0.0693. The SMILES string of the molecule is CC(CS(C)(=O)=O)NC(=O)Nc1cccc(C(=O)O)c1O. The van der Waals surface area contributed by atoms with Crippen LogP contribution in [0.5, 0.6) is 5.75 Å². The number of carboxylic acids is 1. The molecular formula is C12H16N2O6S. The molecular weight excluding hydrogens is 300 g/mol. The van der Waals surface area contributed by atoms with Crippen LogP contribution in [-0.2, 0) is 9.84 Å². The highest BCUT2D eigenvalue weighted by Gasteiger charge is 2.16. The summed E-state index contributed by atoms with van der Waals surface area (Å²) in [6.45, 7) is 1.51. The van der Waals surface area contributed by atoms with Gasteiger partial charge in [0.15, 0.2) is 5.75 Å². The standard InChI is InChI=1S/C12H16N2O6S/c1-7(6-21(2,19)20)13-12(18)14-9-5-3-4-8(10(9)15)11(16)17/h3-5,7,15H,6H2,1-2H3,(H,16,17)(H2,13,14,18). The minimum absolute atomic E-state index is 0.0843. The highest BCUT2D eigenvalue weighted by atomic mass is 32.2. The van der Waals surface area contributed by atoms with Crippen LogP contribution < -0.4 is 10.6 Å². The second-order valence-electron chi connectivity index (χ2n) is 4.60. The zero-order chi connectivity index (χ0) is 16.2. The minimum atomic E-state index is -3.24. The van der Waals surface area contributed by atoms with Gasteiger partial charge in [-0.2, -0.15) is 0 Å². The molecule has 1 aromatic carbocycles. The molecule has 21 heavy (non-hydrogen) atoms. The maximum absolute atomic E-state index is 11.7. The van der Waals surface area contributed by atoms with Crippen LogP contribution in [0.2, 0.25) is 0 Å². The fourth-order valence-corrected chi connectivity index (χ4v) is 2.69. The fraction of sp³-hybridized carbons (Fsp3) is 0.333. The van der Waals surface area contributed by atoms with Crippen molar-refractivity contribution in [1.29, 1.82) is 0 Å². The molecule has 2 amide bonds. The van der Waals surface area contributed by atoms with Crippen molar-refractivity contribution in [3.05, 3.63) is 23.8 Å². The molecule has 0 aliphatic carbocycles. The zero-order valence-electron chi connectivity index (χ0n) is 11.5. The number of nitrogens with one attached hydrogen (secondary N) is 2. The number of carbonyl (C=O) groups excluding carboxylic acids is 1. The maximum Gasteiger partial charge on any atom is 0.339 e. The summed E-state index contributed by atoms with van der Waals surface area (Å²) in [6, 6.07) is 2.49. The Morgan fingerprint density at radius 2 is 1.95 bits per heavy atom. The molecule has 4 N–H and O–H groups in total. The Morgan fingerprint density at radius 3 is 2.48 bits per heavy atom. The highest BCUT2D eigenvalue weighted by molar-refractivity contribution is 7.90. The van der Waals surface area contributed by atoms with E-state index in [0.29, 0.717) is 0 Å². The molecule has 116 valence electrons. The van der Waals surface area contributed by atoms with Crippen molar-refractivity contribution in [3.8, 4) is 5.75 Å². The molecule has 0 radical (unpaired) electrons. The number of benzene rings is 1. The summed E-state index contributed by atoms with van der Waals surface area (Å²) >= 11 is 0. The van der Waals surface area contributed by atoms with Gasteiger partial charge < -0.3 is 20.8 Å². The third-order valence-electron chi connectivity index (χ3n) is 2.44. The van der Waals surface area contributed by atoms with E-state index in [1.165, 1.54) is 25.1 Å². The number of hydrogen-bond acceptors (Lipinski definition) is 5. The molecule has 0 saturated heterocycles. The Bertz CT molecular complexity index is 656. The van der Waals surface area contributed by atoms with E-state index in [1.54, 1.807) is 0 Å². The lowest BCUT2D eigenvalue weighted by atomic mass is 10.1. The van der Waals surface area contributed by atoms with Gasteiger partial charge in [-0.15, -0.1) is 0 Å². The predicted octanol–water partition coefficient (Wildman–Crippen LogP) is 0.645. The number of carbonyl (C=O) groups is 2. The summed E-state index contributed by atoms with van der Waals surface area (Å²) < 4.78 is 22.2. The smallest absolute Gasteiger partial charge is 0.339 e. The number of anilines is 1. The van der Waals surface area contributed by atoms with Crippen LogP contribution in [0, 0.1) is 0 Å². The summed E-state index contributed by atoms with van der Waals surface area (Å²) in [5, 5.41) is 23.2. The van der Waals surface area contributed by atoms with E-state index in [-0.39, 0.29) is 17.0 Å². The molecule has 9 heteroatoms. The third kappa shape index (κ3) is 5.30. The second kappa shape index (κ2) is 6.44. The first-order valence-corrected chi connectivity index (χ1v) is 7.96. The van der Waals surface area contributed by atoms with Crippen molar-refractivity contribution in [2.75, 3.05) is 17.3 Å². The molecule has 0 saturated carbocycles. The van der Waals surface area contributed by atoms with Gasteiger partial charge in [-0.05, 0) is 19.1 Å². The van der Waals surface area contributed by atoms with Gasteiger partial charge in [0.2, 0.25) is 0 Å². The quantitative estimate of drug-likeness (QED) is 0.589. The summed E-state index contributed by atoms with van der Waals surface area (Å²) in [7, 11) is -3.24. The first-order valence-electron chi connectivity index (χ1n) is 5.90. The number of aromatic hydroxyl groups is 1. The van der Waals surface area contributed by atoms with E-state index < -0.39 is 33.6 Å². The van der Waals surface area contributed by atoms with Gasteiger partial charge >= 0.3 is 12.0 Å². The highest BCUT2D eigenvalue weighted by Crippen LogP contribution is 2.27. The van der Waals surface area contributed by atoms with E-state index in [9.17, 15) is 23.1 Å². The number of phenols is 1. The third-order valence-corrected chi connectivity index (χ3v) is 3.55. The van der Waals surface area contributed by atoms with Crippen molar-refractivity contribution < 1.29 is 28.2 Å². The molecule has 1 unspecified atom stereocenters. The molecule has 0 aliphatic heterocycles. The number of sulfone groups is 1. The van der Waals surface area contributed by atoms with Gasteiger partial charge in [0, 0.05) is 12.3 Å². The van der Waals surface area contributed by atoms with Crippen LogP contribution in [0.25, 0.3) is 0 Å². The average molecular weight is 316 g/mol. The van der Waals surface area contributed by atoms with Crippen LogP contribution in [0.1, 0.15) is 17.3 Å². The molecule has 8 nitrogen and oxygen atoms in total. The lowest BCUT2D eigenvalue weighted by Crippen LogP contribution is -2.39. The largest absolute Gasteiger partial charge is 0.505 e. The monoisotopic (exact) mass is 316 g/mol. The van der Waals surface area contributed by atoms with Crippen molar-refractivity contribution in [3.63, 3.8) is 0 Å². The van der Waals surface area contributed by atoms with Gasteiger partial charge in [-0.1, -0.05) is 6.07 Å². The van der Waals surface area contributed by atoms with E-state index in [4.69, 9.17) is 5.11 Å². The zero-order valence-corrected chi connectivity index (χ0v) is 12.3. The Hall–Kier alpha value is -2.29. The number of urea groups is 1. The van der Waals surface area contributed by atoms with Crippen LogP contribution in [0.15, 0.2) is 18.2 Å². The number of hydrogen-bond donors (Lipinski definition) is 4. The fourth-order valence-electron chi connectivity index (χ4n) is 1.69. The molecule has 0 fully saturated rings. The van der Waals surface area contributed by atoms with Gasteiger partial charge in [-0.3, -0.25) is 0 Å². The van der Waals surface area contributed by atoms with Crippen molar-refractivity contribution >= 4 is 27.5 Å². The molecule has 1 atom stereocenters. The van der Waals surface area contributed by atoms with Gasteiger partial charge in [0.25, 0.3) is 0 Å². The number of para-hydroxylation sites is 1. The lowest BCUT2D eigenvalue weighted by Gasteiger charge is -2.14. The predicted molar refractivity (Wildman–Crippen MR) is 76.4 cm³/mol. The van der Waals surface area contributed by atoms with E-state index in [2.05, 4.69) is 10.6 Å². The van der Waals surface area contributed by atoms with E-state index in [1.807, 2.05) is 0 Å². The van der Waals surface area contributed by atoms with Crippen LogP contribution >= 0.6 is 0 Å². The summed E-state index contributed by atoms with van der Waals surface area (Å²) in [5.41, 5.74) is -0.434. The van der Waals surface area contributed by atoms with Crippen LogP contribution in [0.4, 0.5) is 10.5 Å². The van der Waals surface area contributed by atoms with E-state index in [0.717, 1.165) is 6.26 Å². The Morgan fingerprint density at radius 1 is 1.33 bits per heavy atom. The Kier molecular flexibility index (Phi) is 5.14. The first kappa shape index (κ1) is 16.8. The minimum Gasteiger partial charge on any atom is -0.505 e. The molecule has 0 heterocycles. The van der Waals surface area contributed by atoms with Gasteiger partial charge in [-0.25, -0.2) is 18.0 Å². The number of carboxylic acid groups (broad SMARTS) is 1. The molecule has 0 aliphatic rings. The normalized spacial score (nSPS) is 12.5. The van der Waals surface area contributed by atoms with E-state index >= 15 is 0 Å². The second-order valence-corrected chi connectivity index (χ2v) is 6.78. The molecule has 0 aromatic heterocycles. The van der Waals surface area contributed by atoms with Crippen LogP contribution in [-0.4, -0.2) is 48.7 Å². The molecule has 0 spiro atoms. The van der Waals surface area contributed by atoms with Crippen LogP contribution in [0.3, 0.4) is 0 Å². The summed E-state index contributed by atoms with van der Waals surface area (Å²) in [4.78, 5) is 22.5. The number of aromatic carboxylic acids is 1. The average Bonchev–Trinajstić information content (AvgIpc) is 2.28. The Balaban J connectivity index is 2.76. The topological polar surface area (TPSA) is 133 Å². The number of rotatable bonds is 5.